The van der Waals surface area contributed by atoms with Crippen molar-refractivity contribution in [3.05, 3.63) is 29.3 Å². The van der Waals surface area contributed by atoms with Gasteiger partial charge in [-0.2, -0.15) is 0 Å². The molecule has 0 aromatic heterocycles. The SMILES string of the molecule is CCCCCCCCCCCCCCc1ccc(CC)c(OCC2COC(C)(C)O2)c1. The van der Waals surface area contributed by atoms with Gasteiger partial charge in [0.2, 0.25) is 0 Å². The molecule has 1 aliphatic rings. The van der Waals surface area contributed by atoms with Gasteiger partial charge in [0.05, 0.1) is 6.61 Å². The molecule has 178 valence electrons. The lowest BCUT2D eigenvalue weighted by Gasteiger charge is -2.18. The fourth-order valence-electron chi connectivity index (χ4n) is 4.38. The highest BCUT2D eigenvalue weighted by atomic mass is 16.7. The van der Waals surface area contributed by atoms with E-state index in [-0.39, 0.29) is 6.10 Å². The largest absolute Gasteiger partial charge is 0.490 e. The average Bonchev–Trinajstić information content (AvgIpc) is 3.11. The normalized spacial score (nSPS) is 17.9. The van der Waals surface area contributed by atoms with Gasteiger partial charge in [-0.25, -0.2) is 0 Å². The smallest absolute Gasteiger partial charge is 0.163 e. The van der Waals surface area contributed by atoms with Crippen molar-refractivity contribution < 1.29 is 14.2 Å². The van der Waals surface area contributed by atoms with Gasteiger partial charge in [-0.05, 0) is 50.3 Å². The first-order valence-electron chi connectivity index (χ1n) is 13.1. The molecule has 1 aromatic carbocycles. The molecule has 31 heavy (non-hydrogen) atoms. The van der Waals surface area contributed by atoms with Crippen LogP contribution in [0.4, 0.5) is 0 Å². The number of rotatable bonds is 17. The van der Waals surface area contributed by atoms with E-state index in [1.807, 2.05) is 13.8 Å². The number of ether oxygens (including phenoxy) is 3. The van der Waals surface area contributed by atoms with E-state index in [0.717, 1.165) is 18.6 Å². The molecule has 3 heteroatoms. The number of hydrogen-bond acceptors (Lipinski definition) is 3. The molecule has 0 bridgehead atoms. The molecule has 1 atom stereocenters. The van der Waals surface area contributed by atoms with Crippen LogP contribution in [0.3, 0.4) is 0 Å². The maximum absolute atomic E-state index is 6.15. The topological polar surface area (TPSA) is 27.7 Å². The highest BCUT2D eigenvalue weighted by Crippen LogP contribution is 2.26. The van der Waals surface area contributed by atoms with E-state index < -0.39 is 5.79 Å². The fourth-order valence-corrected chi connectivity index (χ4v) is 4.38. The minimum absolute atomic E-state index is 0.0136. The van der Waals surface area contributed by atoms with E-state index in [1.165, 1.54) is 88.2 Å². The first-order valence-corrected chi connectivity index (χ1v) is 13.1. The fraction of sp³-hybridized carbons (Fsp3) is 0.786. The Morgan fingerprint density at radius 3 is 2.03 bits per heavy atom. The molecule has 1 saturated heterocycles. The summed E-state index contributed by atoms with van der Waals surface area (Å²) < 4.78 is 17.7. The minimum atomic E-state index is -0.488. The summed E-state index contributed by atoms with van der Waals surface area (Å²) in [6.07, 6.45) is 18.9. The van der Waals surface area contributed by atoms with Gasteiger partial charge < -0.3 is 14.2 Å². The molecule has 2 rings (SSSR count). The summed E-state index contributed by atoms with van der Waals surface area (Å²) in [5.74, 6) is 0.533. The van der Waals surface area contributed by atoms with Gasteiger partial charge in [0.25, 0.3) is 0 Å². The summed E-state index contributed by atoms with van der Waals surface area (Å²) in [7, 11) is 0. The van der Waals surface area contributed by atoms with E-state index in [9.17, 15) is 0 Å². The van der Waals surface area contributed by atoms with Crippen LogP contribution in [0.2, 0.25) is 0 Å². The van der Waals surface area contributed by atoms with Crippen LogP contribution in [0.1, 0.15) is 116 Å². The number of unbranched alkanes of at least 4 members (excludes halogenated alkanes) is 11. The Morgan fingerprint density at radius 1 is 0.871 bits per heavy atom. The second-order valence-corrected chi connectivity index (χ2v) is 9.70. The monoisotopic (exact) mass is 432 g/mol. The van der Waals surface area contributed by atoms with Crippen molar-refractivity contribution in [2.24, 2.45) is 0 Å². The molecule has 1 aliphatic heterocycles. The van der Waals surface area contributed by atoms with Crippen LogP contribution in [-0.2, 0) is 22.3 Å². The van der Waals surface area contributed by atoms with Gasteiger partial charge in [-0.15, -0.1) is 0 Å². The third kappa shape index (κ3) is 10.9. The van der Waals surface area contributed by atoms with Crippen LogP contribution in [0.15, 0.2) is 18.2 Å². The Labute approximate surface area is 192 Å². The van der Waals surface area contributed by atoms with Crippen LogP contribution >= 0.6 is 0 Å². The van der Waals surface area contributed by atoms with Gasteiger partial charge in [-0.3, -0.25) is 0 Å². The van der Waals surface area contributed by atoms with Crippen molar-refractivity contribution in [3.8, 4) is 5.75 Å². The first kappa shape index (κ1) is 26.2. The molecular formula is C28H48O3. The summed E-state index contributed by atoms with van der Waals surface area (Å²) in [5.41, 5.74) is 2.67. The molecule has 0 amide bonds. The minimum Gasteiger partial charge on any atom is -0.490 e. The summed E-state index contributed by atoms with van der Waals surface area (Å²) in [5, 5.41) is 0. The van der Waals surface area contributed by atoms with Crippen molar-refractivity contribution in [2.45, 2.75) is 129 Å². The Balaban J connectivity index is 1.59. The number of aryl methyl sites for hydroxylation is 2. The highest BCUT2D eigenvalue weighted by molar-refractivity contribution is 5.37. The van der Waals surface area contributed by atoms with E-state index in [0.29, 0.717) is 13.2 Å². The van der Waals surface area contributed by atoms with Gasteiger partial charge in [0.15, 0.2) is 5.79 Å². The van der Waals surface area contributed by atoms with Gasteiger partial charge in [-0.1, -0.05) is 96.6 Å². The van der Waals surface area contributed by atoms with Crippen LogP contribution in [0.25, 0.3) is 0 Å². The third-order valence-electron chi connectivity index (χ3n) is 6.32. The molecule has 0 N–H and O–H groups in total. The maximum atomic E-state index is 6.15. The standard InChI is InChI=1S/C28H48O3/c1-5-7-8-9-10-11-12-13-14-15-16-17-18-24-19-20-25(6-2)27(21-24)29-22-26-23-30-28(3,4)31-26/h19-21,26H,5-18,22-23H2,1-4H3. The summed E-state index contributed by atoms with van der Waals surface area (Å²) in [4.78, 5) is 0. The van der Waals surface area contributed by atoms with Crippen molar-refractivity contribution in [1.82, 2.24) is 0 Å². The van der Waals surface area contributed by atoms with Gasteiger partial charge in [0, 0.05) is 0 Å². The molecular weight excluding hydrogens is 384 g/mol. The maximum Gasteiger partial charge on any atom is 0.163 e. The highest BCUT2D eigenvalue weighted by Gasteiger charge is 2.33. The van der Waals surface area contributed by atoms with Gasteiger partial charge in [0.1, 0.15) is 18.5 Å². The number of hydrogen-bond donors (Lipinski definition) is 0. The molecule has 0 radical (unpaired) electrons. The first-order chi connectivity index (χ1) is 15.0. The van der Waals surface area contributed by atoms with Crippen molar-refractivity contribution in [2.75, 3.05) is 13.2 Å². The summed E-state index contributed by atoms with van der Waals surface area (Å²) >= 11 is 0. The van der Waals surface area contributed by atoms with Crippen LogP contribution in [0.5, 0.6) is 5.75 Å². The molecule has 1 unspecified atom stereocenters. The van der Waals surface area contributed by atoms with E-state index >= 15 is 0 Å². The Hall–Kier alpha value is -1.06. The van der Waals surface area contributed by atoms with Crippen molar-refractivity contribution >= 4 is 0 Å². The summed E-state index contributed by atoms with van der Waals surface area (Å²) in [6.45, 7) is 9.55. The Kier molecular flexibility index (Phi) is 12.6. The lowest BCUT2D eigenvalue weighted by molar-refractivity contribution is -0.141. The predicted octanol–water partition coefficient (Wildman–Crippen LogP) is 8.02. The zero-order chi connectivity index (χ0) is 22.4. The molecule has 0 aliphatic carbocycles. The van der Waals surface area contributed by atoms with E-state index in [2.05, 4.69) is 32.0 Å². The molecule has 1 heterocycles. The molecule has 0 spiro atoms. The van der Waals surface area contributed by atoms with Crippen molar-refractivity contribution in [3.63, 3.8) is 0 Å². The Bertz CT molecular complexity index is 596. The lowest BCUT2D eigenvalue weighted by atomic mass is 10.0. The van der Waals surface area contributed by atoms with E-state index in [1.54, 1.807) is 0 Å². The predicted molar refractivity (Wildman–Crippen MR) is 131 cm³/mol. The molecule has 3 nitrogen and oxygen atoms in total. The molecule has 1 fully saturated rings. The third-order valence-corrected chi connectivity index (χ3v) is 6.32. The van der Waals surface area contributed by atoms with Crippen LogP contribution < -0.4 is 4.74 Å². The van der Waals surface area contributed by atoms with Crippen LogP contribution in [0, 0.1) is 0 Å². The zero-order valence-corrected chi connectivity index (χ0v) is 20.8. The second kappa shape index (κ2) is 14.9. The molecule has 0 saturated carbocycles. The number of benzene rings is 1. The summed E-state index contributed by atoms with van der Waals surface area (Å²) in [6, 6.07) is 6.77. The average molecular weight is 433 g/mol. The van der Waals surface area contributed by atoms with E-state index in [4.69, 9.17) is 14.2 Å². The quantitative estimate of drug-likeness (QED) is 0.233. The molecule has 1 aromatic rings. The zero-order valence-electron chi connectivity index (χ0n) is 20.8. The van der Waals surface area contributed by atoms with Crippen LogP contribution in [-0.4, -0.2) is 25.1 Å². The van der Waals surface area contributed by atoms with Crippen molar-refractivity contribution in [1.29, 1.82) is 0 Å². The van der Waals surface area contributed by atoms with Gasteiger partial charge >= 0.3 is 0 Å². The Morgan fingerprint density at radius 2 is 1.48 bits per heavy atom. The second-order valence-electron chi connectivity index (χ2n) is 9.70. The lowest BCUT2D eigenvalue weighted by Crippen LogP contribution is -2.25.